The molecular formula is C18H15ClN4OS. The fourth-order valence-corrected chi connectivity index (χ4v) is 2.70. The lowest BCUT2D eigenvalue weighted by atomic mass is 10.0. The highest BCUT2D eigenvalue weighted by atomic mass is 35.5. The molecule has 2 aromatic carbocycles. The number of hydrogen-bond acceptors (Lipinski definition) is 3. The number of hydrazine groups is 1. The van der Waals surface area contributed by atoms with Gasteiger partial charge in [-0.15, -0.1) is 0 Å². The van der Waals surface area contributed by atoms with Gasteiger partial charge in [-0.3, -0.25) is 15.6 Å². The van der Waals surface area contributed by atoms with Crippen LogP contribution >= 0.6 is 23.8 Å². The number of hydrogen-bond donors (Lipinski definition) is 3. The first-order valence-corrected chi connectivity index (χ1v) is 8.31. The minimum absolute atomic E-state index is 0.315. The van der Waals surface area contributed by atoms with Gasteiger partial charge in [-0.05, 0) is 30.4 Å². The number of carbonyl (C=O) groups excluding carboxylic acids is 1. The van der Waals surface area contributed by atoms with Crippen LogP contribution in [0.2, 0.25) is 5.02 Å². The third kappa shape index (κ3) is 3.70. The molecule has 0 saturated heterocycles. The normalized spacial score (nSPS) is 10.3. The molecule has 0 saturated carbocycles. The van der Waals surface area contributed by atoms with Crippen molar-refractivity contribution in [3.05, 3.63) is 65.2 Å². The van der Waals surface area contributed by atoms with Crippen molar-refractivity contribution < 1.29 is 4.79 Å². The first-order valence-electron chi connectivity index (χ1n) is 7.53. The second-order valence-electron chi connectivity index (χ2n) is 5.21. The van der Waals surface area contributed by atoms with Gasteiger partial charge >= 0.3 is 0 Å². The van der Waals surface area contributed by atoms with Crippen molar-refractivity contribution in [2.24, 2.45) is 0 Å². The molecule has 3 N–H and O–H groups in total. The number of thiocarbonyl (C=S) groups is 1. The van der Waals surface area contributed by atoms with Crippen molar-refractivity contribution in [3.63, 3.8) is 0 Å². The molecule has 0 aliphatic rings. The van der Waals surface area contributed by atoms with Crippen LogP contribution in [0.5, 0.6) is 0 Å². The summed E-state index contributed by atoms with van der Waals surface area (Å²) >= 11 is 11.3. The van der Waals surface area contributed by atoms with Crippen LogP contribution in [-0.4, -0.2) is 23.1 Å². The highest BCUT2D eigenvalue weighted by Crippen LogP contribution is 2.29. The summed E-state index contributed by atoms with van der Waals surface area (Å²) in [5, 5.41) is 4.37. The molecule has 5 nitrogen and oxygen atoms in total. The summed E-state index contributed by atoms with van der Waals surface area (Å²) in [4.78, 5) is 17.3. The number of nitrogens with zero attached hydrogens (tertiary/aromatic N) is 1. The zero-order valence-electron chi connectivity index (χ0n) is 13.3. The van der Waals surface area contributed by atoms with Gasteiger partial charge in [-0.1, -0.05) is 48.0 Å². The maximum atomic E-state index is 12.6. The average Bonchev–Trinajstić information content (AvgIpc) is 2.65. The maximum absolute atomic E-state index is 12.6. The number of benzene rings is 2. The SMILES string of the molecule is CNC(=S)NNC(=O)c1cc(-c2ccccc2Cl)nc2ccccc12. The summed E-state index contributed by atoms with van der Waals surface area (Å²) in [6.45, 7) is 0. The van der Waals surface area contributed by atoms with Crippen LogP contribution in [0.1, 0.15) is 10.4 Å². The molecule has 7 heteroatoms. The van der Waals surface area contributed by atoms with Crippen LogP contribution in [0.4, 0.5) is 0 Å². The Hall–Kier alpha value is -2.70. The number of amides is 1. The highest BCUT2D eigenvalue weighted by Gasteiger charge is 2.15. The lowest BCUT2D eigenvalue weighted by Crippen LogP contribution is -2.45. The summed E-state index contributed by atoms with van der Waals surface area (Å²) in [6, 6.07) is 16.6. The molecule has 1 heterocycles. The molecule has 0 fully saturated rings. The Morgan fingerprint density at radius 1 is 1.08 bits per heavy atom. The minimum Gasteiger partial charge on any atom is -0.364 e. The molecule has 0 unspecified atom stereocenters. The van der Waals surface area contributed by atoms with Crippen molar-refractivity contribution in [3.8, 4) is 11.3 Å². The van der Waals surface area contributed by atoms with E-state index in [2.05, 4.69) is 21.2 Å². The van der Waals surface area contributed by atoms with Crippen LogP contribution < -0.4 is 16.2 Å². The molecular weight excluding hydrogens is 356 g/mol. The molecule has 1 aromatic heterocycles. The largest absolute Gasteiger partial charge is 0.364 e. The number of carbonyl (C=O) groups is 1. The summed E-state index contributed by atoms with van der Waals surface area (Å²) in [5.41, 5.74) is 7.81. The van der Waals surface area contributed by atoms with Crippen LogP contribution in [0.15, 0.2) is 54.6 Å². The summed E-state index contributed by atoms with van der Waals surface area (Å²) in [5.74, 6) is -0.315. The third-order valence-corrected chi connectivity index (χ3v) is 4.26. The molecule has 0 atom stereocenters. The van der Waals surface area contributed by atoms with Gasteiger partial charge in [0.05, 0.1) is 16.8 Å². The van der Waals surface area contributed by atoms with Crippen molar-refractivity contribution in [2.45, 2.75) is 0 Å². The van der Waals surface area contributed by atoms with Crippen molar-refractivity contribution in [1.29, 1.82) is 0 Å². The van der Waals surface area contributed by atoms with E-state index in [1.807, 2.05) is 42.5 Å². The van der Waals surface area contributed by atoms with Crippen molar-refractivity contribution in [1.82, 2.24) is 21.2 Å². The third-order valence-electron chi connectivity index (χ3n) is 3.63. The van der Waals surface area contributed by atoms with Crippen LogP contribution in [0, 0.1) is 0 Å². The molecule has 25 heavy (non-hydrogen) atoms. The van der Waals surface area contributed by atoms with Crippen LogP contribution in [0.25, 0.3) is 22.2 Å². The zero-order valence-corrected chi connectivity index (χ0v) is 14.9. The van der Waals surface area contributed by atoms with Crippen molar-refractivity contribution >= 4 is 45.7 Å². The van der Waals surface area contributed by atoms with Gasteiger partial charge in [0.1, 0.15) is 0 Å². The predicted molar refractivity (Wildman–Crippen MR) is 104 cm³/mol. The van der Waals surface area contributed by atoms with E-state index < -0.39 is 0 Å². The first kappa shape index (κ1) is 17.1. The molecule has 0 aliphatic carbocycles. The standard InChI is InChI=1S/C18H15ClN4OS/c1-20-18(25)23-22-17(24)13-10-16(12-7-2-4-8-14(12)19)21-15-9-5-3-6-11(13)15/h2-10H,1H3,(H,22,24)(H2,20,23,25). The molecule has 0 radical (unpaired) electrons. The Morgan fingerprint density at radius 3 is 2.56 bits per heavy atom. The Balaban J connectivity index is 2.09. The fourth-order valence-electron chi connectivity index (χ4n) is 2.41. The number of pyridine rings is 1. The molecule has 0 spiro atoms. The van der Waals surface area contributed by atoms with E-state index in [1.54, 1.807) is 19.2 Å². The van der Waals surface area contributed by atoms with E-state index in [0.717, 1.165) is 10.9 Å². The van der Waals surface area contributed by atoms with E-state index in [4.69, 9.17) is 23.8 Å². The molecule has 1 amide bonds. The quantitative estimate of drug-likeness (QED) is 0.477. The van der Waals surface area contributed by atoms with E-state index in [-0.39, 0.29) is 5.91 Å². The second-order valence-corrected chi connectivity index (χ2v) is 6.03. The first-order chi connectivity index (χ1) is 12.1. The topological polar surface area (TPSA) is 66.0 Å². The van der Waals surface area contributed by atoms with E-state index in [0.29, 0.717) is 26.9 Å². The maximum Gasteiger partial charge on any atom is 0.270 e. The smallest absolute Gasteiger partial charge is 0.270 e. The Bertz CT molecular complexity index is 961. The van der Waals surface area contributed by atoms with Gasteiger partial charge in [-0.25, -0.2) is 4.98 Å². The van der Waals surface area contributed by atoms with Gasteiger partial charge < -0.3 is 5.32 Å². The number of nitrogens with one attached hydrogen (secondary N) is 3. The highest BCUT2D eigenvalue weighted by molar-refractivity contribution is 7.80. The minimum atomic E-state index is -0.315. The molecule has 0 aliphatic heterocycles. The molecule has 3 aromatic rings. The number of para-hydroxylation sites is 1. The van der Waals surface area contributed by atoms with E-state index >= 15 is 0 Å². The van der Waals surface area contributed by atoms with Gasteiger partial charge in [0.2, 0.25) is 0 Å². The van der Waals surface area contributed by atoms with Crippen LogP contribution in [-0.2, 0) is 0 Å². The predicted octanol–water partition coefficient (Wildman–Crippen LogP) is 3.29. The summed E-state index contributed by atoms with van der Waals surface area (Å²) in [6.07, 6.45) is 0. The summed E-state index contributed by atoms with van der Waals surface area (Å²) in [7, 11) is 1.67. The molecule has 126 valence electrons. The van der Waals surface area contributed by atoms with E-state index in [9.17, 15) is 4.79 Å². The molecule has 0 bridgehead atoms. The number of aromatic nitrogens is 1. The van der Waals surface area contributed by atoms with Gasteiger partial charge in [0.25, 0.3) is 5.91 Å². The lowest BCUT2D eigenvalue weighted by molar-refractivity contribution is 0.0945. The van der Waals surface area contributed by atoms with E-state index in [1.165, 1.54) is 0 Å². The van der Waals surface area contributed by atoms with Crippen molar-refractivity contribution in [2.75, 3.05) is 7.05 Å². The van der Waals surface area contributed by atoms with Gasteiger partial charge in [-0.2, -0.15) is 0 Å². The average molecular weight is 371 g/mol. The van der Waals surface area contributed by atoms with Gasteiger partial charge in [0, 0.05) is 23.0 Å². The number of halogens is 1. The number of rotatable bonds is 2. The summed E-state index contributed by atoms with van der Waals surface area (Å²) < 4.78 is 0. The van der Waals surface area contributed by atoms with Crippen LogP contribution in [0.3, 0.4) is 0 Å². The Kier molecular flexibility index (Phi) is 5.11. The second kappa shape index (κ2) is 7.46. The lowest BCUT2D eigenvalue weighted by Gasteiger charge is -2.12. The fraction of sp³-hybridized carbons (Fsp3) is 0.0556. The molecule has 3 rings (SSSR count). The Labute approximate surface area is 155 Å². The monoisotopic (exact) mass is 370 g/mol. The number of fused-ring (bicyclic) bond motifs is 1. The zero-order chi connectivity index (χ0) is 17.8. The van der Waals surface area contributed by atoms with Gasteiger partial charge in [0.15, 0.2) is 5.11 Å². The Morgan fingerprint density at radius 2 is 1.80 bits per heavy atom.